The molecule has 2 heterocycles. The van der Waals surface area contributed by atoms with Gasteiger partial charge in [-0.1, -0.05) is 6.07 Å². The van der Waals surface area contributed by atoms with E-state index in [1.54, 1.807) is 23.1 Å². The molecule has 0 radical (unpaired) electrons. The number of benzene rings is 2. The van der Waals surface area contributed by atoms with Gasteiger partial charge in [0.05, 0.1) is 11.8 Å². The summed E-state index contributed by atoms with van der Waals surface area (Å²) in [7, 11) is -3.30. The fraction of sp³-hybridized carbons (Fsp3) is 0.381. The Morgan fingerprint density at radius 2 is 1.77 bits per heavy atom. The highest BCUT2D eigenvalue weighted by atomic mass is 32.2. The van der Waals surface area contributed by atoms with Gasteiger partial charge in [-0.05, 0) is 49.2 Å². The molecule has 2 aromatic carbocycles. The van der Waals surface area contributed by atoms with Crippen LogP contribution in [-0.2, 0) is 22.6 Å². The average molecular weight is 454 g/mol. The summed E-state index contributed by atoms with van der Waals surface area (Å²) in [5.41, 5.74) is 0.399. The summed E-state index contributed by atoms with van der Waals surface area (Å²) in [5, 5.41) is 0. The van der Waals surface area contributed by atoms with Crippen LogP contribution in [0.2, 0.25) is 0 Å². The molecule has 1 amide bonds. The molecule has 166 valence electrons. The molecule has 6 nitrogen and oxygen atoms in total. The summed E-state index contributed by atoms with van der Waals surface area (Å²) in [4.78, 5) is 14.8. The third-order valence-corrected chi connectivity index (χ3v) is 6.94. The number of sulfonamides is 1. The van der Waals surface area contributed by atoms with Gasteiger partial charge in [0.25, 0.3) is 5.91 Å². The number of rotatable bonds is 4. The Balaban J connectivity index is 1.53. The van der Waals surface area contributed by atoms with Crippen LogP contribution in [0.4, 0.5) is 13.2 Å². The predicted octanol–water partition coefficient (Wildman–Crippen LogP) is 3.53. The maximum Gasteiger partial charge on any atom is 0.416 e. The molecule has 2 aliphatic heterocycles. The van der Waals surface area contributed by atoms with E-state index in [1.807, 2.05) is 0 Å². The molecule has 0 aromatic heterocycles. The number of hydrogen-bond donors (Lipinski definition) is 0. The first-order valence-electron chi connectivity index (χ1n) is 9.77. The molecule has 4 rings (SSSR count). The Hall–Kier alpha value is -2.59. The van der Waals surface area contributed by atoms with E-state index >= 15 is 0 Å². The molecular formula is C21H21F3N2O4S. The second-order valence-electron chi connectivity index (χ2n) is 7.72. The van der Waals surface area contributed by atoms with Crippen LogP contribution in [0.15, 0.2) is 42.5 Å². The Morgan fingerprint density at radius 1 is 1.06 bits per heavy atom. The van der Waals surface area contributed by atoms with Gasteiger partial charge >= 0.3 is 6.18 Å². The second kappa shape index (κ2) is 7.83. The number of nitrogens with zero attached hydrogens (tertiary/aromatic N) is 2. The zero-order valence-corrected chi connectivity index (χ0v) is 17.5. The molecule has 0 spiro atoms. The van der Waals surface area contributed by atoms with Crippen LogP contribution in [0.25, 0.3) is 0 Å². The van der Waals surface area contributed by atoms with E-state index in [4.69, 9.17) is 4.74 Å². The van der Waals surface area contributed by atoms with Crippen molar-refractivity contribution < 1.29 is 31.1 Å². The van der Waals surface area contributed by atoms with Gasteiger partial charge in [-0.2, -0.15) is 13.2 Å². The summed E-state index contributed by atoms with van der Waals surface area (Å²) in [5.74, 6) is 0.477. The van der Waals surface area contributed by atoms with Crippen LogP contribution in [-0.4, -0.2) is 55.5 Å². The molecule has 1 fully saturated rings. The predicted molar refractivity (Wildman–Crippen MR) is 108 cm³/mol. The minimum atomic E-state index is -4.42. The first-order chi connectivity index (χ1) is 14.5. The molecular weight excluding hydrogens is 433 g/mol. The van der Waals surface area contributed by atoms with E-state index in [1.165, 1.54) is 16.4 Å². The maximum absolute atomic E-state index is 13.1. The molecule has 0 bridgehead atoms. The van der Waals surface area contributed by atoms with Crippen molar-refractivity contribution in [3.05, 3.63) is 59.2 Å². The van der Waals surface area contributed by atoms with E-state index in [9.17, 15) is 26.4 Å². The number of carbonyl (C=O) groups excluding carboxylic acids is 1. The molecule has 1 unspecified atom stereocenters. The van der Waals surface area contributed by atoms with Gasteiger partial charge in [0, 0.05) is 36.8 Å². The van der Waals surface area contributed by atoms with Gasteiger partial charge in [0.1, 0.15) is 11.5 Å². The van der Waals surface area contributed by atoms with Crippen LogP contribution < -0.4 is 4.74 Å². The second-order valence-corrected chi connectivity index (χ2v) is 9.70. The molecule has 2 aromatic rings. The lowest BCUT2D eigenvalue weighted by atomic mass is 9.96. The van der Waals surface area contributed by atoms with E-state index in [0.29, 0.717) is 42.8 Å². The minimum absolute atomic E-state index is 0.185. The third kappa shape index (κ3) is 4.40. The molecule has 31 heavy (non-hydrogen) atoms. The molecule has 1 saturated heterocycles. The summed E-state index contributed by atoms with van der Waals surface area (Å²) < 4.78 is 69.0. The third-order valence-electron chi connectivity index (χ3n) is 5.67. The van der Waals surface area contributed by atoms with Gasteiger partial charge in [0.15, 0.2) is 0 Å². The first-order valence-corrected chi connectivity index (χ1v) is 11.6. The highest BCUT2D eigenvalue weighted by molar-refractivity contribution is 7.88. The number of carbonyl (C=O) groups is 1. The van der Waals surface area contributed by atoms with Gasteiger partial charge in [0.2, 0.25) is 10.0 Å². The fourth-order valence-electron chi connectivity index (χ4n) is 4.06. The van der Waals surface area contributed by atoms with E-state index in [0.717, 1.165) is 18.4 Å². The van der Waals surface area contributed by atoms with Crippen molar-refractivity contribution in [3.8, 4) is 11.5 Å². The standard InChI is InChI=1S/C21H21F3N2O4S/c1-31(28,29)25-11-9-15(13-25)26-12-10-17-18(20(26)27)3-2-4-19(17)30-16-7-5-14(6-8-16)21(22,23)24/h2-8,15H,9-13H2,1H3. The summed E-state index contributed by atoms with van der Waals surface area (Å²) in [6, 6.07) is 9.24. The summed E-state index contributed by atoms with van der Waals surface area (Å²) >= 11 is 0. The van der Waals surface area contributed by atoms with Crippen molar-refractivity contribution >= 4 is 15.9 Å². The normalized spacial score (nSPS) is 20.1. The van der Waals surface area contributed by atoms with Gasteiger partial charge < -0.3 is 9.64 Å². The summed E-state index contributed by atoms with van der Waals surface area (Å²) in [6.07, 6.45) is -2.18. The number of ether oxygens (including phenoxy) is 1. The van der Waals surface area contributed by atoms with E-state index in [2.05, 4.69) is 0 Å². The van der Waals surface area contributed by atoms with E-state index < -0.39 is 21.8 Å². The monoisotopic (exact) mass is 454 g/mol. The lowest BCUT2D eigenvalue weighted by Gasteiger charge is -2.34. The SMILES string of the molecule is CS(=O)(=O)N1CCC(N2CCc3c(Oc4ccc(C(F)(F)F)cc4)cccc3C2=O)C1. The average Bonchev–Trinajstić information content (AvgIpc) is 3.19. The number of amides is 1. The van der Waals surface area contributed by atoms with Crippen LogP contribution in [0.1, 0.15) is 27.9 Å². The molecule has 1 atom stereocenters. The van der Waals surface area contributed by atoms with Gasteiger partial charge in [-0.15, -0.1) is 0 Å². The molecule has 0 aliphatic carbocycles. The largest absolute Gasteiger partial charge is 0.457 e. The Kier molecular flexibility index (Phi) is 5.47. The fourth-order valence-corrected chi connectivity index (χ4v) is 4.94. The molecule has 2 aliphatic rings. The van der Waals surface area contributed by atoms with Crippen LogP contribution >= 0.6 is 0 Å². The highest BCUT2D eigenvalue weighted by Crippen LogP contribution is 2.35. The Morgan fingerprint density at radius 3 is 2.39 bits per heavy atom. The van der Waals surface area contributed by atoms with Gasteiger partial charge in [-0.3, -0.25) is 4.79 Å². The zero-order valence-electron chi connectivity index (χ0n) is 16.7. The van der Waals surface area contributed by atoms with Gasteiger partial charge in [-0.25, -0.2) is 12.7 Å². The number of alkyl halides is 3. The van der Waals surface area contributed by atoms with Crippen molar-refractivity contribution in [2.75, 3.05) is 25.9 Å². The number of halogens is 3. The molecule has 0 saturated carbocycles. The van der Waals surface area contributed by atoms with Crippen molar-refractivity contribution in [1.29, 1.82) is 0 Å². The Labute approximate surface area is 178 Å². The quantitative estimate of drug-likeness (QED) is 0.709. The summed E-state index contributed by atoms with van der Waals surface area (Å²) in [6.45, 7) is 1.08. The number of fused-ring (bicyclic) bond motifs is 1. The minimum Gasteiger partial charge on any atom is -0.457 e. The van der Waals surface area contributed by atoms with Crippen molar-refractivity contribution in [2.45, 2.75) is 25.1 Å². The van der Waals surface area contributed by atoms with Crippen LogP contribution in [0.5, 0.6) is 11.5 Å². The topological polar surface area (TPSA) is 66.9 Å². The Bertz CT molecular complexity index is 1100. The van der Waals surface area contributed by atoms with E-state index in [-0.39, 0.29) is 24.2 Å². The smallest absolute Gasteiger partial charge is 0.416 e. The number of hydrogen-bond acceptors (Lipinski definition) is 4. The molecule has 0 N–H and O–H groups in total. The highest BCUT2D eigenvalue weighted by Gasteiger charge is 2.37. The lowest BCUT2D eigenvalue weighted by Crippen LogP contribution is -2.46. The van der Waals surface area contributed by atoms with Crippen molar-refractivity contribution in [2.24, 2.45) is 0 Å². The van der Waals surface area contributed by atoms with Crippen molar-refractivity contribution in [3.63, 3.8) is 0 Å². The van der Waals surface area contributed by atoms with Crippen molar-refractivity contribution in [1.82, 2.24) is 9.21 Å². The van der Waals surface area contributed by atoms with Crippen LogP contribution in [0.3, 0.4) is 0 Å². The first kappa shape index (κ1) is 21.6. The lowest BCUT2D eigenvalue weighted by molar-refractivity contribution is -0.137. The molecule has 10 heteroatoms. The van der Waals surface area contributed by atoms with Crippen LogP contribution in [0, 0.1) is 0 Å². The zero-order chi connectivity index (χ0) is 22.4. The maximum atomic E-state index is 13.1.